The van der Waals surface area contributed by atoms with Gasteiger partial charge < -0.3 is 24.4 Å². The van der Waals surface area contributed by atoms with E-state index in [0.29, 0.717) is 59.0 Å². The van der Waals surface area contributed by atoms with Crippen molar-refractivity contribution >= 4 is 22.8 Å². The van der Waals surface area contributed by atoms with Crippen LogP contribution in [0.25, 0.3) is 28.0 Å². The summed E-state index contributed by atoms with van der Waals surface area (Å²) in [5.41, 5.74) is 2.17. The first kappa shape index (κ1) is 32.3. The molecule has 2 aliphatic heterocycles. The van der Waals surface area contributed by atoms with Crippen LogP contribution < -0.4 is 15.3 Å². The second-order valence-electron chi connectivity index (χ2n) is 12.3. The predicted octanol–water partition coefficient (Wildman–Crippen LogP) is 4.47. The fourth-order valence-electron chi connectivity index (χ4n) is 6.59. The number of halogens is 1. The van der Waals surface area contributed by atoms with Crippen LogP contribution in [0.1, 0.15) is 56.5 Å². The van der Waals surface area contributed by atoms with Crippen molar-refractivity contribution in [1.82, 2.24) is 24.4 Å². The van der Waals surface area contributed by atoms with Gasteiger partial charge >= 0.3 is 5.69 Å². The molecule has 1 N–H and O–H groups in total. The molecule has 1 saturated heterocycles. The number of aryl methyl sites for hydroxylation is 1. The quantitative estimate of drug-likeness (QED) is 0.314. The molecule has 2 unspecified atom stereocenters. The van der Waals surface area contributed by atoms with Gasteiger partial charge in [0.25, 0.3) is 0 Å². The third-order valence-corrected chi connectivity index (χ3v) is 8.80. The number of ether oxygens (including phenoxy) is 2. The standard InChI is InChI=1S/C35H39FN6O5/c1-7-27(44)40-14-15-41(21(6)17-40)33-23-16-20(5)30-28-24(36)10-9-11-26(28)47-18-25(43)32(46-8-2)22-12-13-37-29(19(3)4)31(22)42(34(23)38-30)35(45)39-33/h7,9-13,16,19,21,25,32,43H,1,8,14-15,17-18H2,2-6H3/t21-,25?,32?/m0/s1. The van der Waals surface area contributed by atoms with Crippen LogP contribution in [0, 0.1) is 12.7 Å². The van der Waals surface area contributed by atoms with Crippen molar-refractivity contribution in [3.8, 4) is 22.7 Å². The number of carbonyl (C=O) groups excluding carboxylic acids is 1. The van der Waals surface area contributed by atoms with E-state index in [0.717, 1.165) is 0 Å². The van der Waals surface area contributed by atoms with E-state index in [9.17, 15) is 14.7 Å². The van der Waals surface area contributed by atoms with Crippen LogP contribution in [0.3, 0.4) is 0 Å². The summed E-state index contributed by atoms with van der Waals surface area (Å²) in [6, 6.07) is 7.90. The molecule has 246 valence electrons. The lowest BCUT2D eigenvalue weighted by Crippen LogP contribution is -2.54. The molecule has 2 bridgehead atoms. The summed E-state index contributed by atoms with van der Waals surface area (Å²) in [5.74, 6) is -0.250. The number of rotatable bonds is 5. The summed E-state index contributed by atoms with van der Waals surface area (Å²) in [5, 5.41) is 12.1. The smallest absolute Gasteiger partial charge is 0.355 e. The Morgan fingerprint density at radius 1 is 1.26 bits per heavy atom. The largest absolute Gasteiger partial charge is 0.490 e. The highest BCUT2D eigenvalue weighted by Gasteiger charge is 2.34. The zero-order valence-corrected chi connectivity index (χ0v) is 27.2. The number of carbonyl (C=O) groups is 1. The number of hydrogen-bond acceptors (Lipinski definition) is 9. The molecular formula is C35H39FN6O5. The van der Waals surface area contributed by atoms with Crippen LogP contribution >= 0.6 is 0 Å². The van der Waals surface area contributed by atoms with Gasteiger partial charge in [0, 0.05) is 44.0 Å². The monoisotopic (exact) mass is 642 g/mol. The topological polar surface area (TPSA) is 123 Å². The van der Waals surface area contributed by atoms with E-state index < -0.39 is 23.7 Å². The summed E-state index contributed by atoms with van der Waals surface area (Å²) in [4.78, 5) is 45.0. The van der Waals surface area contributed by atoms with Crippen molar-refractivity contribution < 1.29 is 23.8 Å². The lowest BCUT2D eigenvalue weighted by molar-refractivity contribution is -0.126. The Morgan fingerprint density at radius 3 is 2.74 bits per heavy atom. The minimum Gasteiger partial charge on any atom is -0.490 e. The first-order valence-electron chi connectivity index (χ1n) is 15.9. The van der Waals surface area contributed by atoms with Gasteiger partial charge in [-0.1, -0.05) is 26.5 Å². The number of pyridine rings is 2. The highest BCUT2D eigenvalue weighted by atomic mass is 19.1. The molecule has 11 nitrogen and oxygen atoms in total. The van der Waals surface area contributed by atoms with Crippen molar-refractivity contribution in [2.75, 3.05) is 37.7 Å². The van der Waals surface area contributed by atoms with Crippen LogP contribution in [-0.2, 0) is 9.53 Å². The predicted molar refractivity (Wildman–Crippen MR) is 177 cm³/mol. The molecule has 0 saturated carbocycles. The van der Waals surface area contributed by atoms with Gasteiger partial charge in [0.05, 0.1) is 28.0 Å². The van der Waals surface area contributed by atoms with E-state index >= 15 is 4.39 Å². The van der Waals surface area contributed by atoms with Crippen molar-refractivity contribution in [2.24, 2.45) is 0 Å². The lowest BCUT2D eigenvalue weighted by atomic mass is 9.97. The van der Waals surface area contributed by atoms with Crippen LogP contribution in [0.4, 0.5) is 10.2 Å². The third-order valence-electron chi connectivity index (χ3n) is 8.80. The number of amides is 1. The zero-order chi connectivity index (χ0) is 33.6. The van der Waals surface area contributed by atoms with Crippen LogP contribution in [0.15, 0.2) is 54.0 Å². The van der Waals surface area contributed by atoms with E-state index in [1.807, 2.05) is 45.6 Å². The van der Waals surface area contributed by atoms with Gasteiger partial charge in [0.2, 0.25) is 5.91 Å². The lowest BCUT2D eigenvalue weighted by Gasteiger charge is -2.40. The zero-order valence-electron chi connectivity index (χ0n) is 27.2. The Bertz CT molecular complexity index is 1930. The number of hydrogen-bond donors (Lipinski definition) is 1. The Morgan fingerprint density at radius 2 is 2.04 bits per heavy atom. The molecule has 0 radical (unpaired) electrons. The second kappa shape index (κ2) is 12.8. The fraction of sp³-hybridized carbons (Fsp3) is 0.400. The van der Waals surface area contributed by atoms with Gasteiger partial charge in [-0.05, 0) is 62.6 Å². The van der Waals surface area contributed by atoms with Gasteiger partial charge in [0.15, 0.2) is 5.65 Å². The van der Waals surface area contributed by atoms with Crippen LogP contribution in [-0.4, -0.2) is 80.4 Å². The van der Waals surface area contributed by atoms with E-state index in [1.54, 1.807) is 23.2 Å². The van der Waals surface area contributed by atoms with E-state index in [2.05, 4.69) is 16.5 Å². The van der Waals surface area contributed by atoms with E-state index in [1.165, 1.54) is 22.8 Å². The maximum absolute atomic E-state index is 15.7. The summed E-state index contributed by atoms with van der Waals surface area (Å²) in [6.07, 6.45) is 0.821. The molecule has 1 aromatic carbocycles. The number of fused-ring (bicyclic) bond motifs is 5. The average molecular weight is 643 g/mol. The second-order valence-corrected chi connectivity index (χ2v) is 12.3. The van der Waals surface area contributed by atoms with Crippen molar-refractivity contribution in [1.29, 1.82) is 0 Å². The normalized spacial score (nSPS) is 19.5. The van der Waals surface area contributed by atoms with Gasteiger partial charge in [-0.15, -0.1) is 0 Å². The molecular weight excluding hydrogens is 603 g/mol. The van der Waals surface area contributed by atoms with Gasteiger partial charge in [-0.3, -0.25) is 9.78 Å². The van der Waals surface area contributed by atoms with E-state index in [-0.39, 0.29) is 48.0 Å². The first-order valence-corrected chi connectivity index (χ1v) is 15.9. The van der Waals surface area contributed by atoms with Gasteiger partial charge in [0.1, 0.15) is 36.2 Å². The number of benzene rings is 1. The van der Waals surface area contributed by atoms with Gasteiger partial charge in [-0.25, -0.2) is 18.7 Å². The van der Waals surface area contributed by atoms with Crippen molar-refractivity contribution in [3.63, 3.8) is 0 Å². The molecule has 1 fully saturated rings. The van der Waals surface area contributed by atoms with Crippen molar-refractivity contribution in [2.45, 2.75) is 58.8 Å². The molecule has 12 heteroatoms. The Balaban J connectivity index is 1.72. The molecule has 47 heavy (non-hydrogen) atoms. The average Bonchev–Trinajstić information content (AvgIpc) is 3.05. The highest BCUT2D eigenvalue weighted by Crippen LogP contribution is 2.40. The summed E-state index contributed by atoms with van der Waals surface area (Å²) >= 11 is 0. The summed E-state index contributed by atoms with van der Waals surface area (Å²) < 4.78 is 29.4. The SMILES string of the molecule is C=CC(=O)N1CCN(c2nc(=O)n3c4nc(c(C)cc24)-c2c(F)cccc2OCC(O)C(OCC)c2ccnc(C(C)C)c2-3)[C@@H](C)C1. The van der Waals surface area contributed by atoms with Gasteiger partial charge in [-0.2, -0.15) is 4.98 Å². The molecule has 1 amide bonds. The number of anilines is 1. The Hall–Kier alpha value is -4.68. The fourth-order valence-corrected chi connectivity index (χ4v) is 6.59. The summed E-state index contributed by atoms with van der Waals surface area (Å²) in [6.45, 7) is 14.4. The maximum atomic E-state index is 15.7. The molecule has 5 heterocycles. The minimum atomic E-state index is -1.19. The van der Waals surface area contributed by atoms with Crippen molar-refractivity contribution in [3.05, 3.63) is 82.3 Å². The highest BCUT2D eigenvalue weighted by molar-refractivity contribution is 5.92. The molecule has 0 aliphatic carbocycles. The van der Waals surface area contributed by atoms with Crippen LogP contribution in [0.2, 0.25) is 0 Å². The third kappa shape index (κ3) is 5.65. The Kier molecular flexibility index (Phi) is 8.82. The molecule has 3 aromatic heterocycles. The Labute approximate surface area is 272 Å². The molecule has 6 rings (SSSR count). The number of aliphatic hydroxyl groups is 1. The molecule has 2 aliphatic rings. The molecule has 4 aromatic rings. The number of nitrogens with zero attached hydrogens (tertiary/aromatic N) is 6. The van der Waals surface area contributed by atoms with E-state index in [4.69, 9.17) is 14.5 Å². The molecule has 3 atom stereocenters. The number of aromatic nitrogens is 4. The number of piperazine rings is 1. The van der Waals surface area contributed by atoms with Crippen LogP contribution in [0.5, 0.6) is 5.75 Å². The number of aliphatic hydroxyl groups excluding tert-OH is 1. The first-order chi connectivity index (χ1) is 22.5. The maximum Gasteiger partial charge on any atom is 0.355 e. The minimum absolute atomic E-state index is 0.116. The molecule has 0 spiro atoms. The summed E-state index contributed by atoms with van der Waals surface area (Å²) in [7, 11) is 0.